The van der Waals surface area contributed by atoms with Crippen molar-refractivity contribution in [2.75, 3.05) is 4.72 Å². The van der Waals surface area contributed by atoms with Crippen LogP contribution >= 0.6 is 0 Å². The molecule has 6 nitrogen and oxygen atoms in total. The molecule has 0 aliphatic heterocycles. The van der Waals surface area contributed by atoms with Crippen LogP contribution in [-0.4, -0.2) is 30.6 Å². The number of alkyl halides is 3. The lowest BCUT2D eigenvalue weighted by Gasteiger charge is -2.17. The first-order valence-electron chi connectivity index (χ1n) is 5.26. The molecule has 21 heavy (non-hydrogen) atoms. The number of aliphatic hydroxyl groups excluding tert-OH is 1. The van der Waals surface area contributed by atoms with E-state index in [1.54, 1.807) is 0 Å². The standard InChI is InChI=1S/C11H6F3NO5S/c12-11(13,14)21(19,20)15-6-3-1-2-5-7(16)4-8(17)10(18)9(5)6/h1-4,15,17H. The largest absolute Gasteiger partial charge is 0.516 e. The summed E-state index contributed by atoms with van der Waals surface area (Å²) in [5.41, 5.74) is -7.26. The number of fused-ring (bicyclic) bond motifs is 1. The molecular weight excluding hydrogens is 315 g/mol. The number of allylic oxidation sites excluding steroid dienone is 2. The summed E-state index contributed by atoms with van der Waals surface area (Å²) >= 11 is 0. The van der Waals surface area contributed by atoms with E-state index < -0.39 is 44.1 Å². The van der Waals surface area contributed by atoms with Crippen LogP contribution in [0.4, 0.5) is 18.9 Å². The number of rotatable bonds is 2. The maximum atomic E-state index is 12.3. The molecule has 0 saturated heterocycles. The Hall–Kier alpha value is -2.36. The normalized spacial score (nSPS) is 15.5. The van der Waals surface area contributed by atoms with Gasteiger partial charge in [0, 0.05) is 11.6 Å². The summed E-state index contributed by atoms with van der Waals surface area (Å²) < 4.78 is 60.3. The maximum absolute atomic E-state index is 12.3. The molecule has 2 rings (SSSR count). The molecule has 0 spiro atoms. The van der Waals surface area contributed by atoms with Crippen molar-refractivity contribution in [2.24, 2.45) is 0 Å². The van der Waals surface area contributed by atoms with E-state index in [4.69, 9.17) is 0 Å². The minimum atomic E-state index is -5.76. The summed E-state index contributed by atoms with van der Waals surface area (Å²) in [6.07, 6.45) is 0.604. The van der Waals surface area contributed by atoms with Crippen molar-refractivity contribution in [2.45, 2.75) is 5.51 Å². The lowest BCUT2D eigenvalue weighted by Crippen LogP contribution is -2.31. The first-order chi connectivity index (χ1) is 9.54. The van der Waals surface area contributed by atoms with Crippen molar-refractivity contribution >= 4 is 27.3 Å². The Labute approximate surface area is 115 Å². The average Bonchev–Trinajstić information content (AvgIpc) is 2.34. The van der Waals surface area contributed by atoms with Crippen LogP contribution in [0.5, 0.6) is 0 Å². The van der Waals surface area contributed by atoms with Crippen molar-refractivity contribution in [3.05, 3.63) is 41.2 Å². The van der Waals surface area contributed by atoms with E-state index in [9.17, 15) is 36.3 Å². The quantitative estimate of drug-likeness (QED) is 0.864. The first-order valence-corrected chi connectivity index (χ1v) is 6.74. The Balaban J connectivity index is 2.59. The van der Waals surface area contributed by atoms with Gasteiger partial charge in [-0.25, -0.2) is 0 Å². The monoisotopic (exact) mass is 321 g/mol. The van der Waals surface area contributed by atoms with Crippen LogP contribution in [0.1, 0.15) is 20.7 Å². The Morgan fingerprint density at radius 3 is 2.33 bits per heavy atom. The summed E-state index contributed by atoms with van der Waals surface area (Å²) in [6.45, 7) is 0. The third kappa shape index (κ3) is 2.49. The van der Waals surface area contributed by atoms with E-state index >= 15 is 0 Å². The van der Waals surface area contributed by atoms with E-state index in [1.807, 2.05) is 0 Å². The van der Waals surface area contributed by atoms with Crippen molar-refractivity contribution in [3.63, 3.8) is 0 Å². The number of ketones is 2. The molecule has 1 aliphatic rings. The molecule has 0 radical (unpaired) electrons. The predicted molar refractivity (Wildman–Crippen MR) is 64.4 cm³/mol. The maximum Gasteiger partial charge on any atom is 0.516 e. The topological polar surface area (TPSA) is 101 Å². The van der Waals surface area contributed by atoms with Crippen molar-refractivity contribution in [3.8, 4) is 0 Å². The number of aliphatic hydroxyl groups is 1. The lowest BCUT2D eigenvalue weighted by molar-refractivity contribution is -0.0429. The van der Waals surface area contributed by atoms with Crippen LogP contribution in [0.2, 0.25) is 0 Å². The highest BCUT2D eigenvalue weighted by atomic mass is 32.2. The molecule has 0 atom stereocenters. The first kappa shape index (κ1) is 15.0. The third-order valence-corrected chi connectivity index (χ3v) is 3.70. The average molecular weight is 321 g/mol. The van der Waals surface area contributed by atoms with Gasteiger partial charge in [0.1, 0.15) is 0 Å². The van der Waals surface area contributed by atoms with Gasteiger partial charge in [-0.3, -0.25) is 14.3 Å². The number of Topliss-reactive ketones (excluding diaryl/α,β-unsaturated/α-hetero) is 1. The van der Waals surface area contributed by atoms with Gasteiger partial charge in [0.15, 0.2) is 11.5 Å². The van der Waals surface area contributed by atoms with E-state index in [0.29, 0.717) is 6.08 Å². The summed E-state index contributed by atoms with van der Waals surface area (Å²) in [5, 5.41) is 9.27. The smallest absolute Gasteiger partial charge is 0.504 e. The second-order valence-corrected chi connectivity index (χ2v) is 5.68. The number of hydrogen-bond donors (Lipinski definition) is 2. The van der Waals surface area contributed by atoms with Gasteiger partial charge in [0.2, 0.25) is 5.78 Å². The third-order valence-electron chi connectivity index (χ3n) is 2.61. The van der Waals surface area contributed by atoms with Crippen LogP contribution in [0.25, 0.3) is 0 Å². The fraction of sp³-hybridized carbons (Fsp3) is 0.0909. The van der Waals surface area contributed by atoms with Crippen LogP contribution in [0.3, 0.4) is 0 Å². The van der Waals surface area contributed by atoms with Gasteiger partial charge in [-0.2, -0.15) is 21.6 Å². The molecule has 10 heteroatoms. The van der Waals surface area contributed by atoms with E-state index in [0.717, 1.165) is 18.2 Å². The molecule has 0 heterocycles. The summed E-state index contributed by atoms with van der Waals surface area (Å²) in [4.78, 5) is 23.3. The van der Waals surface area contributed by atoms with Crippen molar-refractivity contribution in [1.29, 1.82) is 0 Å². The number of benzene rings is 1. The van der Waals surface area contributed by atoms with Crippen molar-refractivity contribution < 1.29 is 36.3 Å². The van der Waals surface area contributed by atoms with E-state index in [-0.39, 0.29) is 5.56 Å². The summed E-state index contributed by atoms with van der Waals surface area (Å²) in [7, 11) is -5.76. The number of anilines is 1. The van der Waals surface area contributed by atoms with E-state index in [1.165, 1.54) is 4.72 Å². The van der Waals surface area contributed by atoms with Crippen LogP contribution < -0.4 is 4.72 Å². The summed E-state index contributed by atoms with van der Waals surface area (Å²) in [5.74, 6) is -2.95. The summed E-state index contributed by atoms with van der Waals surface area (Å²) in [6, 6.07) is 3.12. The zero-order valence-corrected chi connectivity index (χ0v) is 10.7. The number of halogens is 3. The van der Waals surface area contributed by atoms with Gasteiger partial charge in [-0.15, -0.1) is 0 Å². The molecule has 0 unspecified atom stereocenters. The van der Waals surface area contributed by atoms with Crippen molar-refractivity contribution in [1.82, 2.24) is 0 Å². The van der Waals surface area contributed by atoms with Crippen LogP contribution in [0, 0.1) is 0 Å². The molecule has 0 amide bonds. The molecule has 1 aromatic rings. The highest BCUT2D eigenvalue weighted by Crippen LogP contribution is 2.31. The molecule has 0 saturated carbocycles. The zero-order valence-electron chi connectivity index (χ0n) is 9.93. The van der Waals surface area contributed by atoms with Gasteiger partial charge in [-0.1, -0.05) is 12.1 Å². The Morgan fingerprint density at radius 1 is 1.14 bits per heavy atom. The minimum absolute atomic E-state index is 0.305. The van der Waals surface area contributed by atoms with E-state index in [2.05, 4.69) is 0 Å². The Kier molecular flexibility index (Phi) is 3.28. The Bertz CT molecular complexity index is 780. The number of carbonyl (C=O) groups is 2. The molecule has 2 N–H and O–H groups in total. The number of carbonyl (C=O) groups excluding carboxylic acids is 2. The number of nitrogens with one attached hydrogen (secondary N) is 1. The molecule has 112 valence electrons. The molecule has 0 fully saturated rings. The molecule has 1 aromatic carbocycles. The van der Waals surface area contributed by atoms with Crippen LogP contribution in [0.15, 0.2) is 30.0 Å². The SMILES string of the molecule is O=C1C=C(O)C(=O)c2c(NS(=O)(=O)C(F)(F)F)cccc21. The van der Waals surface area contributed by atoms with Crippen LogP contribution in [-0.2, 0) is 10.0 Å². The van der Waals surface area contributed by atoms with Gasteiger partial charge >= 0.3 is 15.5 Å². The fourth-order valence-corrected chi connectivity index (χ4v) is 2.26. The fourth-order valence-electron chi connectivity index (χ4n) is 1.69. The predicted octanol–water partition coefficient (Wildman–Crippen LogP) is 1.77. The van der Waals surface area contributed by atoms with Gasteiger partial charge in [0.05, 0.1) is 11.3 Å². The number of sulfonamides is 1. The second kappa shape index (κ2) is 4.58. The highest BCUT2D eigenvalue weighted by molar-refractivity contribution is 7.93. The highest BCUT2D eigenvalue weighted by Gasteiger charge is 2.46. The lowest BCUT2D eigenvalue weighted by atomic mass is 9.92. The molecule has 1 aliphatic carbocycles. The van der Waals surface area contributed by atoms with Gasteiger partial charge in [-0.05, 0) is 6.07 Å². The Morgan fingerprint density at radius 2 is 1.76 bits per heavy atom. The molecular formula is C11H6F3NO5S. The number of hydrogen-bond acceptors (Lipinski definition) is 5. The molecule has 0 aromatic heterocycles. The zero-order chi connectivity index (χ0) is 16.0. The van der Waals surface area contributed by atoms with Gasteiger partial charge in [0.25, 0.3) is 0 Å². The minimum Gasteiger partial charge on any atom is -0.504 e. The molecule has 0 bridgehead atoms. The second-order valence-electron chi connectivity index (χ2n) is 4.00. The van der Waals surface area contributed by atoms with Gasteiger partial charge < -0.3 is 5.11 Å².